The molecular formula is C28H38N2O4. The van der Waals surface area contributed by atoms with E-state index in [-0.39, 0.29) is 46.9 Å². The van der Waals surface area contributed by atoms with Crippen molar-refractivity contribution >= 4 is 11.8 Å². The van der Waals surface area contributed by atoms with E-state index >= 15 is 0 Å². The third-order valence-corrected chi connectivity index (χ3v) is 8.51. The van der Waals surface area contributed by atoms with Crippen LogP contribution >= 0.6 is 0 Å². The highest BCUT2D eigenvalue weighted by Crippen LogP contribution is 2.55. The molecule has 0 aliphatic heterocycles. The number of hydrogen-bond donors (Lipinski definition) is 3. The van der Waals surface area contributed by atoms with Gasteiger partial charge in [0.2, 0.25) is 11.8 Å². The predicted molar refractivity (Wildman–Crippen MR) is 131 cm³/mol. The van der Waals surface area contributed by atoms with Crippen molar-refractivity contribution in [1.82, 2.24) is 10.6 Å². The van der Waals surface area contributed by atoms with Gasteiger partial charge in [0.05, 0.1) is 25.3 Å². The summed E-state index contributed by atoms with van der Waals surface area (Å²) in [6.07, 6.45) is 5.10. The van der Waals surface area contributed by atoms with E-state index in [1.165, 1.54) is 0 Å². The second-order valence-corrected chi connectivity index (χ2v) is 10.7. The summed E-state index contributed by atoms with van der Waals surface area (Å²) in [4.78, 5) is 25.6. The lowest BCUT2D eigenvalue weighted by Crippen LogP contribution is -2.58. The summed E-state index contributed by atoms with van der Waals surface area (Å²) < 4.78 is 5.31. The number of hydrogen-bond acceptors (Lipinski definition) is 4. The number of nitrogens with one attached hydrogen (secondary N) is 2. The van der Waals surface area contributed by atoms with E-state index in [0.29, 0.717) is 18.7 Å². The first-order valence-corrected chi connectivity index (χ1v) is 12.6. The fraction of sp³-hybridized carbons (Fsp3) is 0.571. The largest absolute Gasteiger partial charge is 0.467 e. The van der Waals surface area contributed by atoms with Crippen molar-refractivity contribution < 1.29 is 19.1 Å². The smallest absolute Gasteiger partial charge is 0.224 e. The van der Waals surface area contributed by atoms with Gasteiger partial charge in [-0.05, 0) is 66.5 Å². The highest BCUT2D eigenvalue weighted by atomic mass is 16.3. The fourth-order valence-electron chi connectivity index (χ4n) is 6.48. The van der Waals surface area contributed by atoms with Crippen LogP contribution in [0.2, 0.25) is 0 Å². The maximum atomic E-state index is 12.9. The van der Waals surface area contributed by atoms with E-state index in [4.69, 9.17) is 4.42 Å². The highest BCUT2D eigenvalue weighted by Gasteiger charge is 2.53. The summed E-state index contributed by atoms with van der Waals surface area (Å²) >= 11 is 0. The van der Waals surface area contributed by atoms with Gasteiger partial charge in [0.15, 0.2) is 0 Å². The highest BCUT2D eigenvalue weighted by molar-refractivity contribution is 5.79. The third kappa shape index (κ3) is 5.22. The van der Waals surface area contributed by atoms with Crippen LogP contribution in [0.4, 0.5) is 0 Å². The summed E-state index contributed by atoms with van der Waals surface area (Å²) in [5.41, 5.74) is 1.03. The van der Waals surface area contributed by atoms with E-state index in [2.05, 4.69) is 24.5 Å². The summed E-state index contributed by atoms with van der Waals surface area (Å²) in [5.74, 6) is 0.467. The number of carbonyl (C=O) groups is 2. The normalized spacial score (nSPS) is 31.8. The zero-order chi connectivity index (χ0) is 24.3. The van der Waals surface area contributed by atoms with Crippen LogP contribution in [0.3, 0.4) is 0 Å². The monoisotopic (exact) mass is 466 g/mol. The molecule has 6 heteroatoms. The van der Waals surface area contributed by atoms with Crippen LogP contribution in [0, 0.1) is 29.1 Å². The molecule has 2 aliphatic rings. The summed E-state index contributed by atoms with van der Waals surface area (Å²) in [6.45, 7) is 6.70. The Bertz CT molecular complexity index is 960. The van der Waals surface area contributed by atoms with Gasteiger partial charge in [-0.25, -0.2) is 0 Å². The molecule has 2 aliphatic carbocycles. The van der Waals surface area contributed by atoms with E-state index in [1.54, 1.807) is 12.3 Å². The summed E-state index contributed by atoms with van der Waals surface area (Å²) in [5, 5.41) is 17.8. The molecule has 1 aromatic heterocycles. The van der Waals surface area contributed by atoms with Gasteiger partial charge in [0.1, 0.15) is 5.76 Å². The molecule has 0 radical (unpaired) electrons. The molecule has 1 heterocycles. The van der Waals surface area contributed by atoms with Crippen molar-refractivity contribution in [3.8, 4) is 0 Å². The van der Waals surface area contributed by atoms with Crippen LogP contribution in [0.1, 0.15) is 57.8 Å². The summed E-state index contributed by atoms with van der Waals surface area (Å²) in [6, 6.07) is 13.4. The average Bonchev–Trinajstić information content (AvgIpc) is 3.33. The SMILES string of the molecule is C[C@H]1[C@@H]2[C@@H](O)C([C@H](C)C(=O)NCc3ccco3)CC[C@@]2(C)CC[C@@H]1NC(=O)Cc1ccccc1. The Morgan fingerprint density at radius 1 is 1.15 bits per heavy atom. The molecule has 3 N–H and O–H groups in total. The maximum Gasteiger partial charge on any atom is 0.224 e. The van der Waals surface area contributed by atoms with Crippen molar-refractivity contribution in [2.75, 3.05) is 0 Å². The molecule has 2 fully saturated rings. The van der Waals surface area contributed by atoms with Crippen molar-refractivity contribution in [2.45, 2.75) is 71.6 Å². The zero-order valence-electron chi connectivity index (χ0n) is 20.5. The van der Waals surface area contributed by atoms with Gasteiger partial charge in [0.25, 0.3) is 0 Å². The van der Waals surface area contributed by atoms with Gasteiger partial charge in [-0.15, -0.1) is 0 Å². The second kappa shape index (κ2) is 10.3. The molecule has 2 saturated carbocycles. The first-order valence-electron chi connectivity index (χ1n) is 12.6. The molecule has 2 aromatic rings. The topological polar surface area (TPSA) is 91.6 Å². The molecule has 7 atom stereocenters. The van der Waals surface area contributed by atoms with Gasteiger partial charge in [-0.3, -0.25) is 9.59 Å². The zero-order valence-corrected chi connectivity index (χ0v) is 20.5. The summed E-state index contributed by atoms with van der Waals surface area (Å²) in [7, 11) is 0. The Balaban J connectivity index is 1.39. The molecule has 4 rings (SSSR count). The molecule has 1 unspecified atom stereocenters. The van der Waals surface area contributed by atoms with Gasteiger partial charge in [-0.2, -0.15) is 0 Å². The Labute approximate surface area is 202 Å². The van der Waals surface area contributed by atoms with E-state index < -0.39 is 6.10 Å². The van der Waals surface area contributed by atoms with Crippen molar-refractivity contribution in [3.05, 3.63) is 60.1 Å². The van der Waals surface area contributed by atoms with Crippen LogP contribution in [0.15, 0.2) is 53.1 Å². The number of benzene rings is 1. The van der Waals surface area contributed by atoms with E-state index in [9.17, 15) is 14.7 Å². The van der Waals surface area contributed by atoms with Gasteiger partial charge >= 0.3 is 0 Å². The van der Waals surface area contributed by atoms with E-state index in [1.807, 2.05) is 43.3 Å². The average molecular weight is 467 g/mol. The minimum atomic E-state index is -0.577. The van der Waals surface area contributed by atoms with E-state index in [0.717, 1.165) is 31.2 Å². The fourth-order valence-corrected chi connectivity index (χ4v) is 6.48. The molecule has 0 bridgehead atoms. The number of aliphatic hydroxyl groups excluding tert-OH is 1. The molecule has 184 valence electrons. The van der Waals surface area contributed by atoms with Crippen molar-refractivity contribution in [1.29, 1.82) is 0 Å². The van der Waals surface area contributed by atoms with Crippen LogP contribution in [0.5, 0.6) is 0 Å². The molecule has 0 saturated heterocycles. The predicted octanol–water partition coefficient (Wildman–Crippen LogP) is 4.08. The number of carbonyl (C=O) groups excluding carboxylic acids is 2. The minimum Gasteiger partial charge on any atom is -0.467 e. The lowest BCUT2D eigenvalue weighted by Gasteiger charge is -2.56. The standard InChI is InChI=1S/C28H38N2O4/c1-18(27(33)29-17-21-10-7-15-34-21)22-11-13-28(3)14-12-23(19(2)25(28)26(22)32)30-24(31)16-20-8-5-4-6-9-20/h4-10,15,18-19,22-23,25-26,32H,11-14,16-17H2,1-3H3,(H,29,33)(H,30,31)/t18-,19+,22?,23-,25+,26-,28-/m0/s1. The Hall–Kier alpha value is -2.60. The van der Waals surface area contributed by atoms with Crippen LogP contribution in [-0.4, -0.2) is 29.1 Å². The minimum absolute atomic E-state index is 0.0270. The quantitative estimate of drug-likeness (QED) is 0.573. The Morgan fingerprint density at radius 3 is 2.59 bits per heavy atom. The van der Waals surface area contributed by atoms with Crippen molar-refractivity contribution in [2.24, 2.45) is 29.1 Å². The lowest BCUT2D eigenvalue weighted by atomic mass is 9.51. The Kier molecular flexibility index (Phi) is 7.46. The molecular weight excluding hydrogens is 428 g/mol. The van der Waals surface area contributed by atoms with Crippen LogP contribution < -0.4 is 10.6 Å². The third-order valence-electron chi connectivity index (χ3n) is 8.51. The second-order valence-electron chi connectivity index (χ2n) is 10.7. The van der Waals surface area contributed by atoms with Gasteiger partial charge < -0.3 is 20.2 Å². The Morgan fingerprint density at radius 2 is 1.88 bits per heavy atom. The number of amides is 2. The maximum absolute atomic E-state index is 12.9. The molecule has 0 spiro atoms. The molecule has 2 amide bonds. The van der Waals surface area contributed by atoms with Crippen LogP contribution in [-0.2, 0) is 22.6 Å². The first kappa shape index (κ1) is 24.5. The lowest BCUT2D eigenvalue weighted by molar-refractivity contribution is -0.143. The molecule has 6 nitrogen and oxygen atoms in total. The van der Waals surface area contributed by atoms with Gasteiger partial charge in [-0.1, -0.05) is 51.1 Å². The first-order chi connectivity index (χ1) is 16.3. The number of aliphatic hydroxyl groups is 1. The van der Waals surface area contributed by atoms with Crippen molar-refractivity contribution in [3.63, 3.8) is 0 Å². The molecule has 1 aromatic carbocycles. The number of fused-ring (bicyclic) bond motifs is 1. The number of rotatable bonds is 7. The van der Waals surface area contributed by atoms with Crippen LogP contribution in [0.25, 0.3) is 0 Å². The number of furan rings is 1. The molecule has 34 heavy (non-hydrogen) atoms. The van der Waals surface area contributed by atoms with Gasteiger partial charge in [0, 0.05) is 12.0 Å².